The van der Waals surface area contributed by atoms with E-state index in [0.717, 1.165) is 29.8 Å². The average Bonchev–Trinajstić information content (AvgIpc) is 3.35. The normalized spacial score (nSPS) is 27.3. The van der Waals surface area contributed by atoms with Crippen molar-refractivity contribution < 1.29 is 36.9 Å². The van der Waals surface area contributed by atoms with E-state index in [1.807, 2.05) is 0 Å². The number of hydrogen-bond donors (Lipinski definition) is 4. The molecule has 1 aromatic carbocycles. The summed E-state index contributed by atoms with van der Waals surface area (Å²) in [5.41, 5.74) is 1.13. The summed E-state index contributed by atoms with van der Waals surface area (Å²) in [5.74, 6) is -1.17. The highest BCUT2D eigenvalue weighted by Gasteiger charge is 2.47. The van der Waals surface area contributed by atoms with Gasteiger partial charge in [-0.25, -0.2) is 4.39 Å². The standard InChI is InChI=1S/C24H30F3N3O5S/c1-24(11-36(33,34)12-24)28-22(32)13-5-7-15-19(9-13)30(18-3-2-4-20(18)31)29-21(15)16-10-14(35-23(26)27)6-8-17(16)25/h6,8,10,13,18,20,23,31,33-34H,2-5,7,9,11-12H2,1H3,(H,28,32)/t13?,18-,20+/m0/s1. The van der Waals surface area contributed by atoms with E-state index in [9.17, 15) is 32.2 Å². The summed E-state index contributed by atoms with van der Waals surface area (Å²) in [7, 11) is -2.63. The highest BCUT2D eigenvalue weighted by molar-refractivity contribution is 8.25. The molecule has 198 valence electrons. The maximum absolute atomic E-state index is 14.9. The predicted molar refractivity (Wildman–Crippen MR) is 128 cm³/mol. The Hall–Kier alpha value is -2.28. The minimum absolute atomic E-state index is 0.0331. The molecule has 1 saturated carbocycles. The lowest BCUT2D eigenvalue weighted by molar-refractivity contribution is -0.126. The van der Waals surface area contributed by atoms with Gasteiger partial charge in [0.25, 0.3) is 0 Å². The van der Waals surface area contributed by atoms with E-state index < -0.39 is 40.6 Å². The van der Waals surface area contributed by atoms with Gasteiger partial charge in [0.2, 0.25) is 5.91 Å². The molecule has 1 unspecified atom stereocenters. The van der Waals surface area contributed by atoms with Crippen LogP contribution in [0.5, 0.6) is 5.75 Å². The summed E-state index contributed by atoms with van der Waals surface area (Å²) in [5, 5.41) is 18.2. The predicted octanol–water partition coefficient (Wildman–Crippen LogP) is 4.12. The Morgan fingerprint density at radius 1 is 1.28 bits per heavy atom. The first kappa shape index (κ1) is 25.4. The molecule has 2 fully saturated rings. The van der Waals surface area contributed by atoms with Crippen LogP contribution < -0.4 is 10.1 Å². The minimum atomic E-state index is -3.05. The van der Waals surface area contributed by atoms with E-state index in [-0.39, 0.29) is 34.8 Å². The molecule has 8 nitrogen and oxygen atoms in total. The molecule has 1 amide bonds. The summed E-state index contributed by atoms with van der Waals surface area (Å²) in [6.07, 6.45) is 2.65. The molecular formula is C24H30F3N3O5S. The summed E-state index contributed by atoms with van der Waals surface area (Å²) in [6.45, 7) is -1.27. The van der Waals surface area contributed by atoms with Crippen molar-refractivity contribution in [1.29, 1.82) is 0 Å². The maximum atomic E-state index is 14.9. The second-order valence-electron chi connectivity index (χ2n) is 10.4. The molecule has 0 radical (unpaired) electrons. The van der Waals surface area contributed by atoms with Crippen LogP contribution in [0.1, 0.15) is 49.9 Å². The number of amides is 1. The van der Waals surface area contributed by atoms with Crippen LogP contribution in [0.4, 0.5) is 13.2 Å². The summed E-state index contributed by atoms with van der Waals surface area (Å²) < 4.78 is 66.1. The monoisotopic (exact) mass is 529 g/mol. The van der Waals surface area contributed by atoms with Gasteiger partial charge < -0.3 is 15.2 Å². The fourth-order valence-electron chi connectivity index (χ4n) is 5.87. The molecule has 2 heterocycles. The van der Waals surface area contributed by atoms with Gasteiger partial charge in [0.15, 0.2) is 0 Å². The number of aromatic nitrogens is 2. The highest BCUT2D eigenvalue weighted by Crippen LogP contribution is 2.54. The number of rotatable bonds is 6. The van der Waals surface area contributed by atoms with Crippen molar-refractivity contribution in [3.63, 3.8) is 0 Å². The van der Waals surface area contributed by atoms with E-state index >= 15 is 0 Å². The highest BCUT2D eigenvalue weighted by atomic mass is 32.3. The fraction of sp³-hybridized carbons (Fsp3) is 0.583. The van der Waals surface area contributed by atoms with E-state index in [0.29, 0.717) is 37.8 Å². The number of nitrogens with zero attached hydrogens (tertiary/aromatic N) is 2. The number of alkyl halides is 2. The lowest BCUT2D eigenvalue weighted by atomic mass is 9.84. The number of halogens is 3. The Labute approximate surface area is 208 Å². The molecular weight excluding hydrogens is 499 g/mol. The first-order chi connectivity index (χ1) is 16.9. The van der Waals surface area contributed by atoms with Crippen LogP contribution in [-0.4, -0.2) is 59.7 Å². The van der Waals surface area contributed by atoms with Gasteiger partial charge in [-0.05, 0) is 57.2 Å². The molecule has 0 spiro atoms. The lowest BCUT2D eigenvalue weighted by Gasteiger charge is -2.54. The third-order valence-corrected chi connectivity index (χ3v) is 9.57. The summed E-state index contributed by atoms with van der Waals surface area (Å²) >= 11 is 0. The van der Waals surface area contributed by atoms with E-state index in [1.54, 1.807) is 11.6 Å². The van der Waals surface area contributed by atoms with Crippen molar-refractivity contribution >= 4 is 16.5 Å². The summed E-state index contributed by atoms with van der Waals surface area (Å²) in [4.78, 5) is 13.1. The molecule has 2 aromatic rings. The molecule has 1 saturated heterocycles. The number of aliphatic hydroxyl groups is 1. The van der Waals surface area contributed by atoms with Gasteiger partial charge in [0, 0.05) is 29.2 Å². The van der Waals surface area contributed by atoms with Crippen molar-refractivity contribution in [2.24, 2.45) is 5.92 Å². The van der Waals surface area contributed by atoms with E-state index in [4.69, 9.17) is 0 Å². The second kappa shape index (κ2) is 9.23. The van der Waals surface area contributed by atoms with Gasteiger partial charge in [-0.2, -0.15) is 24.5 Å². The molecule has 3 aliphatic rings. The third-order valence-electron chi connectivity index (χ3n) is 7.37. The van der Waals surface area contributed by atoms with Gasteiger partial charge in [-0.3, -0.25) is 18.6 Å². The summed E-state index contributed by atoms with van der Waals surface area (Å²) in [6, 6.07) is 3.07. The van der Waals surface area contributed by atoms with Crippen molar-refractivity contribution in [1.82, 2.24) is 15.1 Å². The van der Waals surface area contributed by atoms with Crippen LogP contribution in [0.25, 0.3) is 11.3 Å². The maximum Gasteiger partial charge on any atom is 0.387 e. The number of carbonyl (C=O) groups is 1. The van der Waals surface area contributed by atoms with Crippen molar-refractivity contribution in [2.45, 2.75) is 69.7 Å². The quantitative estimate of drug-likeness (QED) is 0.447. The van der Waals surface area contributed by atoms with Gasteiger partial charge in [0.1, 0.15) is 11.6 Å². The van der Waals surface area contributed by atoms with Gasteiger partial charge in [-0.1, -0.05) is 0 Å². The molecule has 5 rings (SSSR count). The molecule has 1 aromatic heterocycles. The Balaban J connectivity index is 1.47. The minimum Gasteiger partial charge on any atom is -0.435 e. The van der Waals surface area contributed by atoms with Gasteiger partial charge >= 0.3 is 6.61 Å². The zero-order chi connectivity index (χ0) is 25.8. The Morgan fingerprint density at radius 3 is 2.67 bits per heavy atom. The third kappa shape index (κ3) is 4.83. The smallest absolute Gasteiger partial charge is 0.387 e. The molecule has 1 aliphatic heterocycles. The van der Waals surface area contributed by atoms with Crippen molar-refractivity contribution in [3.8, 4) is 17.0 Å². The number of benzene rings is 1. The number of aliphatic hydroxyl groups excluding tert-OH is 1. The van der Waals surface area contributed by atoms with Gasteiger partial charge in [-0.15, -0.1) is 0 Å². The van der Waals surface area contributed by atoms with Crippen molar-refractivity contribution in [2.75, 3.05) is 11.5 Å². The largest absolute Gasteiger partial charge is 0.435 e. The zero-order valence-corrected chi connectivity index (χ0v) is 20.6. The first-order valence-electron chi connectivity index (χ1n) is 12.0. The van der Waals surface area contributed by atoms with Crippen LogP contribution in [0.3, 0.4) is 0 Å². The molecule has 4 N–H and O–H groups in total. The molecule has 12 heteroatoms. The number of fused-ring (bicyclic) bond motifs is 1. The fourth-order valence-corrected chi connectivity index (χ4v) is 7.97. The Bertz CT molecular complexity index is 1170. The van der Waals surface area contributed by atoms with Crippen LogP contribution in [0.2, 0.25) is 0 Å². The van der Waals surface area contributed by atoms with Gasteiger partial charge in [0.05, 0.1) is 34.9 Å². The SMILES string of the molecule is CC1(NC(=O)C2CCc3c(-c4cc(OC(F)F)ccc4F)nn([C@H]4CCC[C@H]4O)c3C2)CS(O)(O)C1. The Morgan fingerprint density at radius 2 is 2.03 bits per heavy atom. The molecule has 0 bridgehead atoms. The van der Waals surface area contributed by atoms with Crippen LogP contribution in [-0.2, 0) is 17.6 Å². The average molecular weight is 530 g/mol. The number of hydrogen-bond acceptors (Lipinski definition) is 6. The number of carbonyl (C=O) groups excluding carboxylic acids is 1. The Kier molecular flexibility index (Phi) is 6.51. The molecule has 3 atom stereocenters. The number of nitrogens with one attached hydrogen (secondary N) is 1. The lowest BCUT2D eigenvalue weighted by Crippen LogP contribution is -2.62. The van der Waals surface area contributed by atoms with Crippen molar-refractivity contribution in [3.05, 3.63) is 35.3 Å². The molecule has 36 heavy (non-hydrogen) atoms. The van der Waals surface area contributed by atoms with Crippen LogP contribution in [0.15, 0.2) is 18.2 Å². The van der Waals surface area contributed by atoms with Crippen LogP contribution in [0, 0.1) is 11.7 Å². The zero-order valence-electron chi connectivity index (χ0n) is 19.8. The van der Waals surface area contributed by atoms with E-state index in [2.05, 4.69) is 15.2 Å². The van der Waals surface area contributed by atoms with Crippen LogP contribution >= 0.6 is 10.6 Å². The molecule has 2 aliphatic carbocycles. The topological polar surface area (TPSA) is 117 Å². The second-order valence-corrected chi connectivity index (χ2v) is 12.6. The number of ether oxygens (including phenoxy) is 1. The van der Waals surface area contributed by atoms with E-state index in [1.165, 1.54) is 6.07 Å². The first-order valence-corrected chi connectivity index (χ1v) is 13.9.